The predicted octanol–water partition coefficient (Wildman–Crippen LogP) is 6.08. The maximum absolute atomic E-state index is 12.6. The lowest BCUT2D eigenvalue weighted by Gasteiger charge is -2.20. The molecule has 3 aromatic rings. The van der Waals surface area contributed by atoms with E-state index in [-0.39, 0.29) is 5.91 Å². The number of carbonyl (C=O) groups excluding carboxylic acids is 1. The predicted molar refractivity (Wildman–Crippen MR) is 123 cm³/mol. The molecule has 0 spiro atoms. The first-order chi connectivity index (χ1) is 14.6. The molecule has 1 aliphatic heterocycles. The second-order valence-corrected chi connectivity index (χ2v) is 8.18. The molecule has 5 nitrogen and oxygen atoms in total. The van der Waals surface area contributed by atoms with Gasteiger partial charge in [-0.25, -0.2) is 0 Å². The number of nitrogens with one attached hydrogen (secondary N) is 1. The average molecular weight is 441 g/mol. The highest BCUT2D eigenvalue weighted by atomic mass is 35.5. The molecule has 0 unspecified atom stereocenters. The van der Waals surface area contributed by atoms with Crippen LogP contribution in [0.5, 0.6) is 0 Å². The van der Waals surface area contributed by atoms with Crippen molar-refractivity contribution in [3.05, 3.63) is 70.2 Å². The molecule has 0 aliphatic carbocycles. The number of rotatable bonds is 4. The molecule has 2 aromatic carbocycles. The van der Waals surface area contributed by atoms with E-state index >= 15 is 0 Å². The maximum Gasteiger partial charge on any atom is 0.257 e. The Morgan fingerprint density at radius 3 is 2.43 bits per heavy atom. The lowest BCUT2D eigenvalue weighted by molar-refractivity contribution is 0.102. The minimum absolute atomic E-state index is 0.317. The molecule has 154 valence electrons. The van der Waals surface area contributed by atoms with Gasteiger partial charge in [0.1, 0.15) is 0 Å². The molecule has 0 saturated carbocycles. The topological polar surface area (TPSA) is 58.1 Å². The van der Waals surface area contributed by atoms with Gasteiger partial charge in [-0.2, -0.15) is 0 Å². The van der Waals surface area contributed by atoms with Gasteiger partial charge in [0.05, 0.1) is 16.3 Å². The van der Waals surface area contributed by atoms with E-state index in [4.69, 9.17) is 23.2 Å². The summed E-state index contributed by atoms with van der Waals surface area (Å²) in [7, 11) is 0. The zero-order valence-corrected chi connectivity index (χ0v) is 18.0. The molecule has 2 heterocycles. The van der Waals surface area contributed by atoms with Crippen LogP contribution in [0.3, 0.4) is 0 Å². The van der Waals surface area contributed by atoms with Gasteiger partial charge in [-0.3, -0.25) is 4.79 Å². The molecule has 1 aromatic heterocycles. The monoisotopic (exact) mass is 440 g/mol. The third kappa shape index (κ3) is 4.91. The number of anilines is 2. The molecule has 4 rings (SSSR count). The van der Waals surface area contributed by atoms with Gasteiger partial charge < -0.3 is 10.2 Å². The van der Waals surface area contributed by atoms with Gasteiger partial charge in [-0.1, -0.05) is 48.2 Å². The summed E-state index contributed by atoms with van der Waals surface area (Å²) >= 11 is 12.1. The van der Waals surface area contributed by atoms with E-state index in [2.05, 4.69) is 20.4 Å². The number of carbonyl (C=O) groups is 1. The van der Waals surface area contributed by atoms with Crippen LogP contribution < -0.4 is 10.2 Å². The summed E-state index contributed by atoms with van der Waals surface area (Å²) in [6.07, 6.45) is 4.95. The Labute approximate surface area is 186 Å². The van der Waals surface area contributed by atoms with Crippen LogP contribution in [0.15, 0.2) is 54.6 Å². The molecule has 0 radical (unpaired) electrons. The molecular formula is C23H22Cl2N4O. The van der Waals surface area contributed by atoms with Crippen LogP contribution in [-0.2, 0) is 0 Å². The Morgan fingerprint density at radius 2 is 1.70 bits per heavy atom. The van der Waals surface area contributed by atoms with Crippen LogP contribution >= 0.6 is 23.2 Å². The Hall–Kier alpha value is -2.63. The van der Waals surface area contributed by atoms with E-state index in [9.17, 15) is 4.79 Å². The number of amides is 1. The van der Waals surface area contributed by atoms with Crippen LogP contribution in [0, 0.1) is 0 Å². The van der Waals surface area contributed by atoms with Gasteiger partial charge in [0.2, 0.25) is 0 Å². The van der Waals surface area contributed by atoms with Crippen molar-refractivity contribution in [3.63, 3.8) is 0 Å². The number of halogens is 2. The lowest BCUT2D eigenvalue weighted by atomic mass is 10.1. The van der Waals surface area contributed by atoms with Gasteiger partial charge >= 0.3 is 0 Å². The highest BCUT2D eigenvalue weighted by Gasteiger charge is 2.14. The molecule has 1 N–H and O–H groups in total. The number of benzene rings is 2. The molecule has 7 heteroatoms. The molecule has 30 heavy (non-hydrogen) atoms. The largest absolute Gasteiger partial charge is 0.355 e. The van der Waals surface area contributed by atoms with Crippen LogP contribution in [0.2, 0.25) is 10.0 Å². The van der Waals surface area contributed by atoms with Crippen molar-refractivity contribution >= 4 is 40.6 Å². The van der Waals surface area contributed by atoms with Crippen LogP contribution in [0.4, 0.5) is 11.5 Å². The molecule has 0 bridgehead atoms. The fraction of sp³-hybridized carbons (Fsp3) is 0.261. The number of hydrogen-bond donors (Lipinski definition) is 1. The maximum atomic E-state index is 12.6. The highest BCUT2D eigenvalue weighted by Crippen LogP contribution is 2.25. The summed E-state index contributed by atoms with van der Waals surface area (Å²) in [6.45, 7) is 2.06. The Bertz CT molecular complexity index is 1030. The van der Waals surface area contributed by atoms with Crippen LogP contribution in [-0.4, -0.2) is 29.2 Å². The van der Waals surface area contributed by atoms with Gasteiger partial charge in [0, 0.05) is 29.4 Å². The van der Waals surface area contributed by atoms with E-state index in [1.54, 1.807) is 18.2 Å². The second kappa shape index (κ2) is 9.45. The van der Waals surface area contributed by atoms with Crippen molar-refractivity contribution in [1.82, 2.24) is 10.2 Å². The summed E-state index contributed by atoms with van der Waals surface area (Å²) in [5, 5.41) is 12.5. The standard InChI is InChI=1S/C23H22Cl2N4O/c24-17-8-9-20(25)19(15-17)23(30)26-18-7-5-6-16(14-18)21-10-11-22(28-27-21)29-12-3-1-2-4-13-29/h5-11,14-15H,1-4,12-13H2,(H,26,30). The first-order valence-corrected chi connectivity index (χ1v) is 10.8. The molecule has 1 aliphatic rings. The molecule has 0 atom stereocenters. The number of aromatic nitrogens is 2. The van der Waals surface area contributed by atoms with Crippen molar-refractivity contribution in [3.8, 4) is 11.3 Å². The fourth-order valence-electron chi connectivity index (χ4n) is 3.57. The van der Waals surface area contributed by atoms with Crippen molar-refractivity contribution in [2.75, 3.05) is 23.3 Å². The van der Waals surface area contributed by atoms with E-state index < -0.39 is 0 Å². The van der Waals surface area contributed by atoms with E-state index in [1.165, 1.54) is 25.7 Å². The molecule has 1 amide bonds. The smallest absolute Gasteiger partial charge is 0.257 e. The second-order valence-electron chi connectivity index (χ2n) is 7.34. The molecule has 1 fully saturated rings. The van der Waals surface area contributed by atoms with E-state index in [0.29, 0.717) is 21.3 Å². The minimum atomic E-state index is -0.317. The quantitative estimate of drug-likeness (QED) is 0.533. The van der Waals surface area contributed by atoms with Crippen LogP contribution in [0.25, 0.3) is 11.3 Å². The van der Waals surface area contributed by atoms with Crippen molar-refractivity contribution < 1.29 is 4.79 Å². The summed E-state index contributed by atoms with van der Waals surface area (Å²) in [5.41, 5.74) is 2.61. The van der Waals surface area contributed by atoms with Crippen molar-refractivity contribution in [2.45, 2.75) is 25.7 Å². The van der Waals surface area contributed by atoms with Crippen molar-refractivity contribution in [1.29, 1.82) is 0 Å². The first kappa shape index (κ1) is 20.6. The van der Waals surface area contributed by atoms with Gasteiger partial charge in [0.15, 0.2) is 5.82 Å². The van der Waals surface area contributed by atoms with Crippen LogP contribution in [0.1, 0.15) is 36.0 Å². The summed E-state index contributed by atoms with van der Waals surface area (Å²) in [5.74, 6) is 0.600. The zero-order valence-electron chi connectivity index (χ0n) is 16.4. The van der Waals surface area contributed by atoms with Gasteiger partial charge in [-0.15, -0.1) is 10.2 Å². The molecular weight excluding hydrogens is 419 g/mol. The molecule has 1 saturated heterocycles. The highest BCUT2D eigenvalue weighted by molar-refractivity contribution is 6.36. The van der Waals surface area contributed by atoms with E-state index in [1.807, 2.05) is 36.4 Å². The minimum Gasteiger partial charge on any atom is -0.355 e. The Morgan fingerprint density at radius 1 is 0.900 bits per heavy atom. The normalized spacial score (nSPS) is 14.3. The number of hydrogen-bond acceptors (Lipinski definition) is 4. The van der Waals surface area contributed by atoms with E-state index in [0.717, 1.165) is 30.2 Å². The first-order valence-electron chi connectivity index (χ1n) is 10.1. The zero-order chi connectivity index (χ0) is 20.9. The van der Waals surface area contributed by atoms with Crippen molar-refractivity contribution in [2.24, 2.45) is 0 Å². The summed E-state index contributed by atoms with van der Waals surface area (Å²) in [4.78, 5) is 14.9. The third-order valence-electron chi connectivity index (χ3n) is 5.17. The van der Waals surface area contributed by atoms with Gasteiger partial charge in [-0.05, 0) is 55.3 Å². The SMILES string of the molecule is O=C(Nc1cccc(-c2ccc(N3CCCCCC3)nn2)c1)c1cc(Cl)ccc1Cl. The summed E-state index contributed by atoms with van der Waals surface area (Å²) < 4.78 is 0. The Kier molecular flexibility index (Phi) is 6.50. The fourth-order valence-corrected chi connectivity index (χ4v) is 3.95. The third-order valence-corrected chi connectivity index (χ3v) is 5.73. The lowest BCUT2D eigenvalue weighted by Crippen LogP contribution is -2.25. The number of nitrogens with zero attached hydrogens (tertiary/aromatic N) is 3. The Balaban J connectivity index is 1.50. The average Bonchev–Trinajstić information content (AvgIpc) is 3.05. The van der Waals surface area contributed by atoms with Gasteiger partial charge in [0.25, 0.3) is 5.91 Å². The summed E-state index contributed by atoms with van der Waals surface area (Å²) in [6, 6.07) is 16.3.